The Morgan fingerprint density at radius 3 is 2.63 bits per heavy atom. The molecule has 0 unspecified atom stereocenters. The zero-order valence-electron chi connectivity index (χ0n) is 10.0. The van der Waals surface area contributed by atoms with Gasteiger partial charge in [0.15, 0.2) is 0 Å². The Morgan fingerprint density at radius 1 is 1.42 bits per heavy atom. The molecule has 0 aliphatic carbocycles. The summed E-state index contributed by atoms with van der Waals surface area (Å²) in [4.78, 5) is 25.2. The van der Waals surface area contributed by atoms with Crippen molar-refractivity contribution in [1.29, 1.82) is 0 Å². The van der Waals surface area contributed by atoms with Crippen molar-refractivity contribution in [1.82, 2.24) is 5.32 Å². The van der Waals surface area contributed by atoms with Crippen LogP contribution in [-0.4, -0.2) is 23.7 Å². The number of alkyl halides is 1. The van der Waals surface area contributed by atoms with Gasteiger partial charge in [-0.05, 0) is 12.1 Å². The van der Waals surface area contributed by atoms with Crippen LogP contribution in [0, 0.1) is 0 Å². The molecule has 0 bridgehead atoms. The van der Waals surface area contributed by atoms with Crippen LogP contribution in [0.4, 0.5) is 5.69 Å². The van der Waals surface area contributed by atoms with E-state index in [1.807, 2.05) is 0 Å². The SMILES string of the molecule is CC(=O)N[C@H]1C(=O)N(CCBr)c2c(Cl)ccc(Cl)c21. The molecular formula is C12H11BrCl2N2O2. The first-order chi connectivity index (χ1) is 8.97. The maximum atomic E-state index is 12.4. The van der Waals surface area contributed by atoms with Gasteiger partial charge in [0.1, 0.15) is 6.04 Å². The first-order valence-electron chi connectivity index (χ1n) is 5.59. The predicted molar refractivity (Wildman–Crippen MR) is 79.2 cm³/mol. The lowest BCUT2D eigenvalue weighted by molar-refractivity contribution is -0.126. The highest BCUT2D eigenvalue weighted by atomic mass is 79.9. The third-order valence-corrected chi connectivity index (χ3v) is 3.83. The predicted octanol–water partition coefficient (Wildman–Crippen LogP) is 2.91. The van der Waals surface area contributed by atoms with Crippen molar-refractivity contribution in [2.45, 2.75) is 13.0 Å². The minimum absolute atomic E-state index is 0.223. The lowest BCUT2D eigenvalue weighted by Crippen LogP contribution is -2.37. The number of anilines is 1. The number of nitrogens with one attached hydrogen (secondary N) is 1. The number of carbonyl (C=O) groups is 2. The van der Waals surface area contributed by atoms with Gasteiger partial charge in [-0.3, -0.25) is 9.59 Å². The standard InChI is InChI=1S/C12H11BrCl2N2O2/c1-6(18)16-10-9-7(14)2-3-8(15)11(9)17(5-4-13)12(10)19/h2-3,10H,4-5H2,1H3,(H,16,18)/t10-/m1/s1. The molecule has 0 saturated heterocycles. The smallest absolute Gasteiger partial charge is 0.254 e. The maximum absolute atomic E-state index is 12.4. The van der Waals surface area contributed by atoms with Gasteiger partial charge in [-0.25, -0.2) is 0 Å². The molecule has 19 heavy (non-hydrogen) atoms. The van der Waals surface area contributed by atoms with Crippen LogP contribution >= 0.6 is 39.1 Å². The summed E-state index contributed by atoms with van der Waals surface area (Å²) in [5.74, 6) is -0.513. The zero-order valence-corrected chi connectivity index (χ0v) is 13.1. The largest absolute Gasteiger partial charge is 0.341 e. The topological polar surface area (TPSA) is 49.4 Å². The van der Waals surface area contributed by atoms with Crippen LogP contribution in [0.15, 0.2) is 12.1 Å². The number of amides is 2. The molecule has 102 valence electrons. The van der Waals surface area contributed by atoms with E-state index in [4.69, 9.17) is 23.2 Å². The normalized spacial score (nSPS) is 17.6. The van der Waals surface area contributed by atoms with Gasteiger partial charge in [0.2, 0.25) is 5.91 Å². The third kappa shape index (κ3) is 2.59. The highest BCUT2D eigenvalue weighted by Gasteiger charge is 2.40. The molecular weight excluding hydrogens is 355 g/mol. The van der Waals surface area contributed by atoms with Crippen molar-refractivity contribution in [3.05, 3.63) is 27.7 Å². The summed E-state index contributed by atoms with van der Waals surface area (Å²) in [6.45, 7) is 1.82. The van der Waals surface area contributed by atoms with E-state index >= 15 is 0 Å². The van der Waals surface area contributed by atoms with E-state index in [2.05, 4.69) is 21.2 Å². The molecule has 0 saturated carbocycles. The fourth-order valence-corrected chi connectivity index (χ4v) is 3.02. The molecule has 0 fully saturated rings. The van der Waals surface area contributed by atoms with Gasteiger partial charge < -0.3 is 10.2 Å². The number of fused-ring (bicyclic) bond motifs is 1. The Kier molecular flexibility index (Phi) is 4.38. The fourth-order valence-electron chi connectivity index (χ4n) is 2.14. The van der Waals surface area contributed by atoms with E-state index in [0.717, 1.165) is 0 Å². The molecule has 1 aliphatic rings. The number of benzene rings is 1. The van der Waals surface area contributed by atoms with Gasteiger partial charge in [-0.1, -0.05) is 39.1 Å². The van der Waals surface area contributed by atoms with Gasteiger partial charge in [-0.15, -0.1) is 0 Å². The molecule has 0 radical (unpaired) electrons. The molecule has 2 amide bonds. The Hall–Kier alpha value is -0.780. The molecule has 4 nitrogen and oxygen atoms in total. The number of carbonyl (C=O) groups excluding carboxylic acids is 2. The van der Waals surface area contributed by atoms with E-state index in [-0.39, 0.29) is 11.8 Å². The van der Waals surface area contributed by atoms with E-state index in [0.29, 0.717) is 33.2 Å². The second-order valence-electron chi connectivity index (χ2n) is 4.10. The Balaban J connectivity index is 2.56. The number of hydrogen-bond donors (Lipinski definition) is 1. The van der Waals surface area contributed by atoms with Gasteiger partial charge in [-0.2, -0.15) is 0 Å². The van der Waals surface area contributed by atoms with Crippen molar-refractivity contribution >= 4 is 56.6 Å². The summed E-state index contributed by atoms with van der Waals surface area (Å²) in [5, 5.41) is 4.09. The summed E-state index contributed by atoms with van der Waals surface area (Å²) < 4.78 is 0. The van der Waals surface area contributed by atoms with Crippen molar-refractivity contribution in [3.63, 3.8) is 0 Å². The van der Waals surface area contributed by atoms with Crippen LogP contribution in [0.2, 0.25) is 10.0 Å². The average Bonchev–Trinajstić information content (AvgIpc) is 2.60. The van der Waals surface area contributed by atoms with Gasteiger partial charge >= 0.3 is 0 Å². The molecule has 7 heteroatoms. The first kappa shape index (κ1) is 14.6. The molecule has 1 aromatic carbocycles. The van der Waals surface area contributed by atoms with Crippen molar-refractivity contribution in [3.8, 4) is 0 Å². The second-order valence-corrected chi connectivity index (χ2v) is 5.71. The minimum atomic E-state index is -0.766. The van der Waals surface area contributed by atoms with Crippen molar-refractivity contribution in [2.75, 3.05) is 16.8 Å². The monoisotopic (exact) mass is 364 g/mol. The van der Waals surface area contributed by atoms with E-state index < -0.39 is 6.04 Å². The highest BCUT2D eigenvalue weighted by molar-refractivity contribution is 9.09. The molecule has 1 heterocycles. The zero-order chi connectivity index (χ0) is 14.2. The Bertz CT molecular complexity index is 551. The molecule has 0 aromatic heterocycles. The summed E-state index contributed by atoms with van der Waals surface area (Å²) in [7, 11) is 0. The highest BCUT2D eigenvalue weighted by Crippen LogP contribution is 2.44. The minimum Gasteiger partial charge on any atom is -0.341 e. The van der Waals surface area contributed by atoms with Crippen LogP contribution < -0.4 is 10.2 Å². The maximum Gasteiger partial charge on any atom is 0.254 e. The Labute approximate surface area is 129 Å². The number of rotatable bonds is 3. The second kappa shape index (κ2) is 5.69. The first-order valence-corrected chi connectivity index (χ1v) is 7.47. The third-order valence-electron chi connectivity index (χ3n) is 2.84. The molecule has 0 spiro atoms. The van der Waals surface area contributed by atoms with Crippen LogP contribution in [0.5, 0.6) is 0 Å². The fraction of sp³-hybridized carbons (Fsp3) is 0.333. The number of hydrogen-bond acceptors (Lipinski definition) is 2. The lowest BCUT2D eigenvalue weighted by Gasteiger charge is -2.17. The van der Waals surface area contributed by atoms with Crippen LogP contribution in [-0.2, 0) is 9.59 Å². The number of nitrogens with zero attached hydrogens (tertiary/aromatic N) is 1. The van der Waals surface area contributed by atoms with Crippen LogP contribution in [0.1, 0.15) is 18.5 Å². The average molecular weight is 366 g/mol. The molecule has 1 N–H and O–H groups in total. The molecule has 2 rings (SSSR count). The van der Waals surface area contributed by atoms with Crippen LogP contribution in [0.25, 0.3) is 0 Å². The summed E-state index contributed by atoms with van der Waals surface area (Å²) >= 11 is 15.6. The van der Waals surface area contributed by atoms with Crippen LogP contribution in [0.3, 0.4) is 0 Å². The quantitative estimate of drug-likeness (QED) is 0.837. The summed E-state index contributed by atoms with van der Waals surface area (Å²) in [6, 6.07) is 2.51. The van der Waals surface area contributed by atoms with E-state index in [9.17, 15) is 9.59 Å². The molecule has 1 aliphatic heterocycles. The van der Waals surface area contributed by atoms with Gasteiger partial charge in [0.05, 0.1) is 10.7 Å². The lowest BCUT2D eigenvalue weighted by atomic mass is 10.1. The van der Waals surface area contributed by atoms with Gasteiger partial charge in [0.25, 0.3) is 5.91 Å². The number of halogens is 3. The van der Waals surface area contributed by atoms with Gasteiger partial charge in [0, 0.05) is 29.4 Å². The van der Waals surface area contributed by atoms with Crippen molar-refractivity contribution < 1.29 is 9.59 Å². The summed E-state index contributed by atoms with van der Waals surface area (Å²) in [5.41, 5.74) is 1.15. The van der Waals surface area contributed by atoms with Crippen molar-refractivity contribution in [2.24, 2.45) is 0 Å². The molecule has 1 atom stereocenters. The Morgan fingerprint density at radius 2 is 2.05 bits per heavy atom. The van der Waals surface area contributed by atoms with E-state index in [1.54, 1.807) is 17.0 Å². The molecule has 1 aromatic rings. The van der Waals surface area contributed by atoms with E-state index in [1.165, 1.54) is 6.92 Å². The summed E-state index contributed by atoms with van der Waals surface area (Å²) in [6.07, 6.45) is 0.